The minimum atomic E-state index is -0.802. The molecular weight excluding hydrogens is 811 g/mol. The van der Waals surface area contributed by atoms with Gasteiger partial charge in [0.25, 0.3) is 0 Å². The third-order valence-corrected chi connectivity index (χ3v) is 14.0. The Morgan fingerprint density at radius 3 is 1.67 bits per heavy atom. The van der Waals surface area contributed by atoms with Gasteiger partial charge in [-0.2, -0.15) is 0 Å². The number of rotatable bonds is 3. The van der Waals surface area contributed by atoms with E-state index in [-0.39, 0.29) is 0 Å². The molecule has 3 aliphatic rings. The summed E-state index contributed by atoms with van der Waals surface area (Å²) in [5, 5.41) is 4.69. The van der Waals surface area contributed by atoms with E-state index in [1.165, 1.54) is 10.8 Å². The van der Waals surface area contributed by atoms with Gasteiger partial charge in [0.2, 0.25) is 0 Å². The fourth-order valence-corrected chi connectivity index (χ4v) is 11.4. The van der Waals surface area contributed by atoms with Crippen molar-refractivity contribution in [3.8, 4) is 45.8 Å². The number of pyridine rings is 2. The van der Waals surface area contributed by atoms with Crippen molar-refractivity contribution in [2.45, 2.75) is 5.41 Å². The molecule has 2 aliphatic heterocycles. The molecular formula is C59H35N5O2. The van der Waals surface area contributed by atoms with E-state index in [2.05, 4.69) is 190 Å². The van der Waals surface area contributed by atoms with Crippen LogP contribution in [0, 0.1) is 0 Å². The molecule has 0 radical (unpaired) electrons. The van der Waals surface area contributed by atoms with Gasteiger partial charge in [0.1, 0.15) is 5.75 Å². The molecule has 0 N–H and O–H groups in total. The summed E-state index contributed by atoms with van der Waals surface area (Å²) in [6.07, 6.45) is 3.89. The van der Waals surface area contributed by atoms with Gasteiger partial charge in [0.15, 0.2) is 17.2 Å². The van der Waals surface area contributed by atoms with Crippen LogP contribution in [0.2, 0.25) is 0 Å². The second-order valence-electron chi connectivity index (χ2n) is 17.3. The smallest absolute Gasteiger partial charge is 0.156 e. The number of para-hydroxylation sites is 9. The lowest BCUT2D eigenvalue weighted by Gasteiger charge is -2.39. The Labute approximate surface area is 378 Å². The molecule has 66 heavy (non-hydrogen) atoms. The maximum atomic E-state index is 7.27. The van der Waals surface area contributed by atoms with Crippen LogP contribution < -0.4 is 14.4 Å². The minimum Gasteiger partial charge on any atom is -0.454 e. The highest BCUT2D eigenvalue weighted by atomic mass is 16.5. The predicted octanol–water partition coefficient (Wildman–Crippen LogP) is 14.7. The Morgan fingerprint density at radius 2 is 0.924 bits per heavy atom. The number of benzene rings is 8. The SMILES string of the molecule is c1ccc2c(c1)Oc1ccccc1N2c1ccc2c(c1)c1ccccc1n2-c1cccc2c1Oc1ccccc1C21c2cccnc2-c2ncc(-n3c4ccccc4c4ccccc43)cc21. The van der Waals surface area contributed by atoms with Crippen LogP contribution in [0.4, 0.5) is 17.1 Å². The first kappa shape index (κ1) is 35.5. The Hall–Kier alpha value is -8.94. The van der Waals surface area contributed by atoms with Gasteiger partial charge >= 0.3 is 0 Å². The van der Waals surface area contributed by atoms with Gasteiger partial charge in [-0.25, -0.2) is 0 Å². The summed E-state index contributed by atoms with van der Waals surface area (Å²) < 4.78 is 18.4. The van der Waals surface area contributed by atoms with Crippen molar-refractivity contribution in [2.24, 2.45) is 0 Å². The lowest BCUT2D eigenvalue weighted by molar-refractivity contribution is 0.434. The van der Waals surface area contributed by atoms with Crippen LogP contribution in [0.15, 0.2) is 213 Å². The molecule has 1 aliphatic carbocycles. The molecule has 0 saturated heterocycles. The highest BCUT2D eigenvalue weighted by molar-refractivity contribution is 6.12. The number of ether oxygens (including phenoxy) is 2. The average Bonchev–Trinajstić information content (AvgIpc) is 3.99. The van der Waals surface area contributed by atoms with E-state index in [0.717, 1.165) is 118 Å². The molecule has 0 amide bonds. The third kappa shape index (κ3) is 4.55. The van der Waals surface area contributed by atoms with Gasteiger partial charge in [0.05, 0.1) is 67.8 Å². The van der Waals surface area contributed by atoms with Crippen molar-refractivity contribution in [1.29, 1.82) is 0 Å². The molecule has 1 atom stereocenters. The van der Waals surface area contributed by atoms with Crippen LogP contribution in [-0.2, 0) is 5.41 Å². The Morgan fingerprint density at radius 1 is 0.364 bits per heavy atom. The summed E-state index contributed by atoms with van der Waals surface area (Å²) in [5.41, 5.74) is 14.6. The van der Waals surface area contributed by atoms with Gasteiger partial charge < -0.3 is 23.5 Å². The second kappa shape index (κ2) is 13.1. The van der Waals surface area contributed by atoms with Crippen molar-refractivity contribution < 1.29 is 9.47 Å². The summed E-state index contributed by atoms with van der Waals surface area (Å²) >= 11 is 0. The molecule has 15 rings (SSSR count). The largest absolute Gasteiger partial charge is 0.454 e. The zero-order chi connectivity index (χ0) is 43.1. The van der Waals surface area contributed by atoms with E-state index in [4.69, 9.17) is 19.4 Å². The van der Waals surface area contributed by atoms with Gasteiger partial charge in [-0.15, -0.1) is 0 Å². The Kier molecular flexibility index (Phi) is 7.03. The van der Waals surface area contributed by atoms with Crippen LogP contribution in [-0.4, -0.2) is 19.1 Å². The van der Waals surface area contributed by atoms with E-state index < -0.39 is 5.41 Å². The molecule has 0 saturated carbocycles. The number of nitrogens with zero attached hydrogens (tertiary/aromatic N) is 5. The molecule has 1 spiro atoms. The molecule has 0 bridgehead atoms. The minimum absolute atomic E-state index is 0.795. The summed E-state index contributed by atoms with van der Waals surface area (Å²) in [6.45, 7) is 0. The van der Waals surface area contributed by atoms with E-state index >= 15 is 0 Å². The fraction of sp³-hybridized carbons (Fsp3) is 0.0169. The Balaban J connectivity index is 0.989. The van der Waals surface area contributed by atoms with Crippen molar-refractivity contribution >= 4 is 60.7 Å². The Bertz CT molecular complexity index is 3950. The van der Waals surface area contributed by atoms with Gasteiger partial charge in [-0.05, 0) is 90.5 Å². The maximum absolute atomic E-state index is 7.27. The lowest BCUT2D eigenvalue weighted by atomic mass is 9.66. The predicted molar refractivity (Wildman–Crippen MR) is 263 cm³/mol. The summed E-state index contributed by atoms with van der Waals surface area (Å²) in [6, 6.07) is 71.0. The van der Waals surface area contributed by atoms with Crippen molar-refractivity contribution in [1.82, 2.24) is 19.1 Å². The average molecular weight is 846 g/mol. The normalized spacial score (nSPS) is 15.2. The molecule has 8 aromatic carbocycles. The standard InChI is InChI=1S/C59H35N5O2/c1-5-21-46-38(15-1)39-16-2-6-22-47(39)63(46)37-34-45-57(61-35-37)56-43(20-14-32-60-56)59(45)42-18-4-10-27-53(42)66-58-44(59)19-13-26-52(58)64-48-23-7-3-17-40(48)41-33-36(30-31-49(41)64)62-50-24-8-11-28-54(50)65-55-29-12-9-25-51(55)62/h1-35H. The summed E-state index contributed by atoms with van der Waals surface area (Å²) in [4.78, 5) is 12.7. The number of fused-ring (bicyclic) bond motifs is 17. The monoisotopic (exact) mass is 845 g/mol. The first-order valence-corrected chi connectivity index (χ1v) is 22.3. The van der Waals surface area contributed by atoms with E-state index in [9.17, 15) is 0 Å². The number of hydrogen-bond donors (Lipinski definition) is 0. The molecule has 7 nitrogen and oxygen atoms in total. The molecule has 7 heteroatoms. The topological polar surface area (TPSA) is 57.3 Å². The highest BCUT2D eigenvalue weighted by Gasteiger charge is 2.53. The van der Waals surface area contributed by atoms with Crippen LogP contribution in [0.3, 0.4) is 0 Å². The third-order valence-electron chi connectivity index (χ3n) is 14.0. The number of anilines is 3. The highest BCUT2D eigenvalue weighted by Crippen LogP contribution is 2.63. The van der Waals surface area contributed by atoms with E-state index in [1.54, 1.807) is 0 Å². The first-order valence-electron chi connectivity index (χ1n) is 22.3. The molecule has 6 heterocycles. The lowest BCUT2D eigenvalue weighted by Crippen LogP contribution is -2.32. The van der Waals surface area contributed by atoms with Crippen molar-refractivity contribution in [2.75, 3.05) is 4.90 Å². The first-order chi connectivity index (χ1) is 32.8. The van der Waals surface area contributed by atoms with Gasteiger partial charge in [-0.3, -0.25) is 9.97 Å². The molecule has 12 aromatic rings. The number of hydrogen-bond acceptors (Lipinski definition) is 5. The van der Waals surface area contributed by atoms with Crippen molar-refractivity contribution in [3.63, 3.8) is 0 Å². The molecule has 308 valence electrons. The van der Waals surface area contributed by atoms with Crippen LogP contribution in [0.1, 0.15) is 22.3 Å². The van der Waals surface area contributed by atoms with Crippen molar-refractivity contribution in [3.05, 3.63) is 235 Å². The zero-order valence-electron chi connectivity index (χ0n) is 35.3. The fourth-order valence-electron chi connectivity index (χ4n) is 11.4. The van der Waals surface area contributed by atoms with E-state index in [0.29, 0.717) is 0 Å². The van der Waals surface area contributed by atoms with Crippen LogP contribution >= 0.6 is 0 Å². The second-order valence-corrected chi connectivity index (χ2v) is 17.3. The molecule has 0 fully saturated rings. The quantitative estimate of drug-likeness (QED) is 0.177. The van der Waals surface area contributed by atoms with Gasteiger partial charge in [-0.1, -0.05) is 115 Å². The number of aromatic nitrogens is 4. The molecule has 1 unspecified atom stereocenters. The zero-order valence-corrected chi connectivity index (χ0v) is 35.3. The summed E-state index contributed by atoms with van der Waals surface area (Å²) in [7, 11) is 0. The van der Waals surface area contributed by atoms with Crippen LogP contribution in [0.5, 0.6) is 23.0 Å². The maximum Gasteiger partial charge on any atom is 0.156 e. The van der Waals surface area contributed by atoms with E-state index in [1.807, 2.05) is 36.7 Å². The van der Waals surface area contributed by atoms with Crippen LogP contribution in [0.25, 0.3) is 66.4 Å². The summed E-state index contributed by atoms with van der Waals surface area (Å²) in [5.74, 6) is 3.24. The van der Waals surface area contributed by atoms with Gasteiger partial charge in [0, 0.05) is 50.1 Å². The molecule has 4 aromatic heterocycles.